The van der Waals surface area contributed by atoms with E-state index < -0.39 is 11.7 Å². The van der Waals surface area contributed by atoms with Crippen molar-refractivity contribution >= 4 is 23.4 Å². The Kier molecular flexibility index (Phi) is 7.23. The Balaban J connectivity index is 2.94. The number of nitrogens with one attached hydrogen (secondary N) is 2. The highest BCUT2D eigenvalue weighted by molar-refractivity contribution is 5.87. The lowest BCUT2D eigenvalue weighted by Gasteiger charge is -2.20. The van der Waals surface area contributed by atoms with Gasteiger partial charge in [0.25, 0.3) is 0 Å². The predicted molar refractivity (Wildman–Crippen MR) is 104 cm³/mol. The molecule has 0 heterocycles. The summed E-state index contributed by atoms with van der Waals surface area (Å²) < 4.78 is 5.25. The highest BCUT2D eigenvalue weighted by atomic mass is 16.6. The molecule has 1 rings (SSSR count). The minimum atomic E-state index is -0.547. The molecule has 0 aromatic heterocycles. The maximum absolute atomic E-state index is 11.9. The highest BCUT2D eigenvalue weighted by Crippen LogP contribution is 2.19. The Hall–Kier alpha value is -2.76. The first-order valence-corrected chi connectivity index (χ1v) is 8.05. The number of allylic oxidation sites excluding steroid dienone is 2. The van der Waals surface area contributed by atoms with Crippen LogP contribution in [-0.2, 0) is 4.74 Å². The first-order chi connectivity index (χ1) is 11.6. The van der Waals surface area contributed by atoms with Gasteiger partial charge in [-0.3, -0.25) is 5.32 Å². The van der Waals surface area contributed by atoms with Crippen molar-refractivity contribution in [2.24, 2.45) is 4.99 Å². The molecule has 0 radical (unpaired) electrons. The number of nitrogens with zero attached hydrogens (tertiary/aromatic N) is 2. The summed E-state index contributed by atoms with van der Waals surface area (Å²) in [4.78, 5) is 18.3. The standard InChI is InChI=1S/C19H28N4O2/c1-8-10-14(2)20-17(23(6)7)21-15-11-9-12-16(13-15)22-18(24)25-19(3,4)5/h8-13H,2H2,1,3-7H3,(H,20,21)(H,22,24)/b10-8-. The van der Waals surface area contributed by atoms with Crippen LogP contribution in [0.3, 0.4) is 0 Å². The van der Waals surface area contributed by atoms with E-state index in [9.17, 15) is 4.79 Å². The second kappa shape index (κ2) is 8.92. The van der Waals surface area contributed by atoms with Gasteiger partial charge in [0.2, 0.25) is 5.96 Å². The number of anilines is 1. The molecule has 25 heavy (non-hydrogen) atoms. The summed E-state index contributed by atoms with van der Waals surface area (Å²) in [5, 5.41) is 5.85. The molecular weight excluding hydrogens is 316 g/mol. The van der Waals surface area contributed by atoms with E-state index in [2.05, 4.69) is 22.2 Å². The number of ether oxygens (including phenoxy) is 1. The zero-order valence-corrected chi connectivity index (χ0v) is 15.9. The summed E-state index contributed by atoms with van der Waals surface area (Å²) in [6, 6.07) is 7.22. The summed E-state index contributed by atoms with van der Waals surface area (Å²) >= 11 is 0. The number of guanidine groups is 1. The summed E-state index contributed by atoms with van der Waals surface area (Å²) in [6.07, 6.45) is 3.26. The van der Waals surface area contributed by atoms with Crippen LogP contribution in [-0.4, -0.2) is 36.6 Å². The van der Waals surface area contributed by atoms with Crippen LogP contribution in [0.15, 0.2) is 53.7 Å². The fraction of sp³-hybridized carbons (Fsp3) is 0.368. The average molecular weight is 344 g/mol. The molecule has 1 aromatic rings. The van der Waals surface area contributed by atoms with Gasteiger partial charge in [0, 0.05) is 25.5 Å². The monoisotopic (exact) mass is 344 g/mol. The molecule has 0 atom stereocenters. The summed E-state index contributed by atoms with van der Waals surface area (Å²) in [5.74, 6) is 0.637. The van der Waals surface area contributed by atoms with Crippen molar-refractivity contribution in [1.29, 1.82) is 0 Å². The lowest BCUT2D eigenvalue weighted by Crippen LogP contribution is -2.34. The van der Waals surface area contributed by atoms with Gasteiger partial charge in [-0.25, -0.2) is 9.79 Å². The molecule has 0 saturated carbocycles. The van der Waals surface area contributed by atoms with Crippen LogP contribution in [0.25, 0.3) is 0 Å². The normalized spacial score (nSPS) is 12.0. The maximum atomic E-state index is 11.9. The Morgan fingerprint density at radius 3 is 2.56 bits per heavy atom. The van der Waals surface area contributed by atoms with Crippen molar-refractivity contribution < 1.29 is 9.53 Å². The Bertz CT molecular complexity index is 670. The molecule has 0 bridgehead atoms. The minimum absolute atomic E-state index is 0.499. The van der Waals surface area contributed by atoms with Crippen LogP contribution < -0.4 is 10.6 Å². The number of rotatable bonds is 4. The third kappa shape index (κ3) is 8.06. The third-order valence-electron chi connectivity index (χ3n) is 2.79. The van der Waals surface area contributed by atoms with E-state index in [0.29, 0.717) is 17.3 Å². The average Bonchev–Trinajstić information content (AvgIpc) is 2.44. The van der Waals surface area contributed by atoms with Gasteiger partial charge in [-0.1, -0.05) is 18.7 Å². The highest BCUT2D eigenvalue weighted by Gasteiger charge is 2.16. The SMILES string of the molecule is C=C(/C=C\C)NC(=Nc1cccc(NC(=O)OC(C)(C)C)c1)N(C)C. The number of hydrogen-bond acceptors (Lipinski definition) is 3. The van der Waals surface area contributed by atoms with Gasteiger partial charge in [0.1, 0.15) is 5.60 Å². The molecule has 136 valence electrons. The third-order valence-corrected chi connectivity index (χ3v) is 2.79. The fourth-order valence-corrected chi connectivity index (χ4v) is 1.82. The molecule has 6 nitrogen and oxygen atoms in total. The molecule has 0 spiro atoms. The number of aliphatic imine (C=N–C) groups is 1. The molecule has 6 heteroatoms. The second-order valence-corrected chi connectivity index (χ2v) is 6.66. The molecule has 1 amide bonds. The van der Waals surface area contributed by atoms with E-state index >= 15 is 0 Å². The molecular formula is C19H28N4O2. The van der Waals surface area contributed by atoms with Crippen molar-refractivity contribution in [3.63, 3.8) is 0 Å². The lowest BCUT2D eigenvalue weighted by atomic mass is 10.2. The van der Waals surface area contributed by atoms with E-state index in [4.69, 9.17) is 4.74 Å². The zero-order chi connectivity index (χ0) is 19.0. The van der Waals surface area contributed by atoms with Crippen molar-refractivity contribution in [1.82, 2.24) is 10.2 Å². The second-order valence-electron chi connectivity index (χ2n) is 6.66. The topological polar surface area (TPSA) is 66.0 Å². The van der Waals surface area contributed by atoms with Gasteiger partial charge >= 0.3 is 6.09 Å². The van der Waals surface area contributed by atoms with Gasteiger partial charge in [-0.15, -0.1) is 0 Å². The molecule has 0 aliphatic heterocycles. The summed E-state index contributed by atoms with van der Waals surface area (Å²) in [5.41, 5.74) is 1.49. The predicted octanol–water partition coefficient (Wildman–Crippen LogP) is 4.26. The van der Waals surface area contributed by atoms with E-state index in [0.717, 1.165) is 5.70 Å². The fourth-order valence-electron chi connectivity index (χ4n) is 1.82. The van der Waals surface area contributed by atoms with Gasteiger partial charge in [0.15, 0.2) is 0 Å². The molecule has 0 fully saturated rings. The molecule has 0 unspecified atom stereocenters. The van der Waals surface area contributed by atoms with Crippen LogP contribution >= 0.6 is 0 Å². The smallest absolute Gasteiger partial charge is 0.412 e. The van der Waals surface area contributed by atoms with Gasteiger partial charge in [0.05, 0.1) is 5.69 Å². The minimum Gasteiger partial charge on any atom is -0.444 e. The van der Waals surface area contributed by atoms with E-state index in [1.165, 1.54) is 0 Å². The Morgan fingerprint density at radius 2 is 2.00 bits per heavy atom. The molecule has 0 aliphatic carbocycles. The number of benzene rings is 1. The number of carbonyl (C=O) groups excluding carboxylic acids is 1. The first-order valence-electron chi connectivity index (χ1n) is 8.05. The Labute approximate surface area is 150 Å². The van der Waals surface area contributed by atoms with Crippen molar-refractivity contribution in [2.75, 3.05) is 19.4 Å². The van der Waals surface area contributed by atoms with Crippen LogP contribution in [0.4, 0.5) is 16.2 Å². The van der Waals surface area contributed by atoms with Crippen LogP contribution in [0.5, 0.6) is 0 Å². The quantitative estimate of drug-likeness (QED) is 0.486. The van der Waals surface area contributed by atoms with E-state index in [1.807, 2.05) is 71.0 Å². The lowest BCUT2D eigenvalue weighted by molar-refractivity contribution is 0.0636. The van der Waals surface area contributed by atoms with Crippen molar-refractivity contribution in [3.05, 3.63) is 48.7 Å². The van der Waals surface area contributed by atoms with Crippen molar-refractivity contribution in [3.8, 4) is 0 Å². The van der Waals surface area contributed by atoms with Gasteiger partial charge in [-0.2, -0.15) is 0 Å². The summed E-state index contributed by atoms with van der Waals surface area (Å²) in [7, 11) is 3.77. The van der Waals surface area contributed by atoms with Gasteiger partial charge in [-0.05, 0) is 52.0 Å². The van der Waals surface area contributed by atoms with Crippen LogP contribution in [0, 0.1) is 0 Å². The van der Waals surface area contributed by atoms with Crippen molar-refractivity contribution in [2.45, 2.75) is 33.3 Å². The zero-order valence-electron chi connectivity index (χ0n) is 15.9. The molecule has 0 saturated heterocycles. The van der Waals surface area contributed by atoms with Gasteiger partial charge < -0.3 is 15.0 Å². The first kappa shape index (κ1) is 20.3. The molecule has 2 N–H and O–H groups in total. The van der Waals surface area contributed by atoms with E-state index in [1.54, 1.807) is 12.1 Å². The largest absolute Gasteiger partial charge is 0.444 e. The van der Waals surface area contributed by atoms with Crippen LogP contribution in [0.1, 0.15) is 27.7 Å². The number of amides is 1. The maximum Gasteiger partial charge on any atom is 0.412 e. The Morgan fingerprint density at radius 1 is 1.32 bits per heavy atom. The van der Waals surface area contributed by atoms with E-state index in [-0.39, 0.29) is 0 Å². The summed E-state index contributed by atoms with van der Waals surface area (Å²) in [6.45, 7) is 11.3. The number of hydrogen-bond donors (Lipinski definition) is 2. The number of carbonyl (C=O) groups is 1. The molecule has 0 aliphatic rings. The van der Waals surface area contributed by atoms with Crippen LogP contribution in [0.2, 0.25) is 0 Å². The molecule has 1 aromatic carbocycles.